The Kier molecular flexibility index (Phi) is 7.65. The van der Waals surface area contributed by atoms with Crippen LogP contribution in [0.25, 0.3) is 0 Å². The van der Waals surface area contributed by atoms with E-state index < -0.39 is 30.2 Å². The smallest absolute Gasteiger partial charge is 0.338 e. The molecular weight excluding hydrogens is 367 g/mol. The normalized spacial score (nSPS) is 10.2. The minimum atomic E-state index is -0.643. The van der Waals surface area contributed by atoms with Gasteiger partial charge in [-0.15, -0.1) is 0 Å². The van der Waals surface area contributed by atoms with Crippen molar-refractivity contribution in [3.05, 3.63) is 65.5 Å². The lowest BCUT2D eigenvalue weighted by atomic mass is 10.1. The molecule has 28 heavy (non-hydrogen) atoms. The molecule has 0 fully saturated rings. The molecule has 0 saturated carbocycles. The van der Waals surface area contributed by atoms with Gasteiger partial charge in [0.05, 0.1) is 18.7 Å². The lowest BCUT2D eigenvalue weighted by Gasteiger charge is -2.17. The maximum absolute atomic E-state index is 12.9. The van der Waals surface area contributed by atoms with Gasteiger partial charge in [0.2, 0.25) is 5.91 Å². The summed E-state index contributed by atoms with van der Waals surface area (Å²) in [6, 6.07) is 11.9. The zero-order chi connectivity index (χ0) is 20.5. The fourth-order valence-corrected chi connectivity index (χ4v) is 2.31. The van der Waals surface area contributed by atoms with E-state index in [0.29, 0.717) is 17.9 Å². The maximum atomic E-state index is 12.9. The van der Waals surface area contributed by atoms with Gasteiger partial charge in [-0.3, -0.25) is 9.59 Å². The van der Waals surface area contributed by atoms with E-state index in [1.54, 1.807) is 31.4 Å². The van der Waals surface area contributed by atoms with E-state index >= 15 is 0 Å². The van der Waals surface area contributed by atoms with Crippen LogP contribution in [0.2, 0.25) is 0 Å². The minimum absolute atomic E-state index is 0.239. The molecule has 0 heterocycles. The van der Waals surface area contributed by atoms with Crippen molar-refractivity contribution in [1.82, 2.24) is 4.90 Å². The van der Waals surface area contributed by atoms with Crippen molar-refractivity contribution in [1.29, 1.82) is 0 Å². The van der Waals surface area contributed by atoms with Crippen LogP contribution in [0.4, 0.5) is 10.1 Å². The molecule has 0 aliphatic carbocycles. The molecule has 0 saturated heterocycles. The van der Waals surface area contributed by atoms with Crippen molar-refractivity contribution in [3.8, 4) is 0 Å². The van der Waals surface area contributed by atoms with E-state index in [-0.39, 0.29) is 6.54 Å². The van der Waals surface area contributed by atoms with Gasteiger partial charge in [0.1, 0.15) is 5.82 Å². The van der Waals surface area contributed by atoms with Crippen LogP contribution in [0.15, 0.2) is 48.5 Å². The summed E-state index contributed by atoms with van der Waals surface area (Å²) < 4.78 is 22.9. The second-order valence-corrected chi connectivity index (χ2v) is 6.01. The SMILES string of the molecule is COCc1cccc(C(=O)OCC(=O)N(C)CC(=O)Nc2ccc(F)cc2)c1. The van der Waals surface area contributed by atoms with Gasteiger partial charge in [0, 0.05) is 19.8 Å². The number of amides is 2. The molecule has 7 nitrogen and oxygen atoms in total. The third-order valence-electron chi connectivity index (χ3n) is 3.73. The third kappa shape index (κ3) is 6.48. The Balaban J connectivity index is 1.81. The highest BCUT2D eigenvalue weighted by Crippen LogP contribution is 2.09. The largest absolute Gasteiger partial charge is 0.452 e. The van der Waals surface area contributed by atoms with E-state index in [2.05, 4.69) is 5.32 Å². The number of carbonyl (C=O) groups is 3. The van der Waals surface area contributed by atoms with Crippen LogP contribution in [0.3, 0.4) is 0 Å². The summed E-state index contributed by atoms with van der Waals surface area (Å²) in [7, 11) is 2.96. The summed E-state index contributed by atoms with van der Waals surface area (Å²) in [5.41, 5.74) is 1.52. The lowest BCUT2D eigenvalue weighted by Crippen LogP contribution is -2.37. The summed E-state index contributed by atoms with van der Waals surface area (Å²) in [4.78, 5) is 37.2. The number of benzene rings is 2. The molecule has 148 valence electrons. The number of esters is 1. The number of ether oxygens (including phenoxy) is 2. The van der Waals surface area contributed by atoms with Gasteiger partial charge in [-0.2, -0.15) is 0 Å². The molecule has 1 N–H and O–H groups in total. The predicted octanol–water partition coefficient (Wildman–Crippen LogP) is 2.23. The zero-order valence-corrected chi connectivity index (χ0v) is 15.6. The molecule has 8 heteroatoms. The Bertz CT molecular complexity index is 839. The van der Waals surface area contributed by atoms with Crippen LogP contribution in [0.1, 0.15) is 15.9 Å². The first-order valence-electron chi connectivity index (χ1n) is 8.43. The number of hydrogen-bond donors (Lipinski definition) is 1. The third-order valence-corrected chi connectivity index (χ3v) is 3.73. The summed E-state index contributed by atoms with van der Waals surface area (Å²) in [5, 5.41) is 2.54. The maximum Gasteiger partial charge on any atom is 0.338 e. The summed E-state index contributed by atoms with van der Waals surface area (Å²) in [5.74, 6) is -2.05. The molecule has 0 aliphatic rings. The van der Waals surface area contributed by atoms with Gasteiger partial charge in [0.25, 0.3) is 5.91 Å². The van der Waals surface area contributed by atoms with E-state index in [0.717, 1.165) is 10.5 Å². The van der Waals surface area contributed by atoms with Crippen molar-refractivity contribution in [3.63, 3.8) is 0 Å². The molecule has 0 atom stereocenters. The fourth-order valence-electron chi connectivity index (χ4n) is 2.31. The standard InChI is InChI=1S/C20H21FN2O5/c1-23(11-18(24)22-17-8-6-16(21)7-9-17)19(25)13-28-20(26)15-5-3-4-14(10-15)12-27-2/h3-10H,11-13H2,1-2H3,(H,22,24). The molecule has 0 unspecified atom stereocenters. The number of hydrogen-bond acceptors (Lipinski definition) is 5. The van der Waals surface area contributed by atoms with E-state index in [1.807, 2.05) is 0 Å². The van der Waals surface area contributed by atoms with Gasteiger partial charge in [-0.05, 0) is 42.0 Å². The first-order chi connectivity index (χ1) is 13.4. The number of methoxy groups -OCH3 is 1. The number of halogens is 1. The molecule has 0 radical (unpaired) electrons. The Labute approximate surface area is 162 Å². The van der Waals surface area contributed by atoms with Gasteiger partial charge in [-0.25, -0.2) is 9.18 Å². The monoisotopic (exact) mass is 388 g/mol. The fraction of sp³-hybridized carbons (Fsp3) is 0.250. The van der Waals surface area contributed by atoms with E-state index in [1.165, 1.54) is 31.3 Å². The molecule has 2 aromatic rings. The number of rotatable bonds is 8. The Morgan fingerprint density at radius 1 is 1.11 bits per heavy atom. The second-order valence-electron chi connectivity index (χ2n) is 6.01. The van der Waals surface area contributed by atoms with Gasteiger partial charge in [0.15, 0.2) is 6.61 Å². The average molecular weight is 388 g/mol. The molecule has 2 aromatic carbocycles. The van der Waals surface area contributed by atoms with Gasteiger partial charge >= 0.3 is 5.97 Å². The first-order valence-corrected chi connectivity index (χ1v) is 8.43. The number of anilines is 1. The van der Waals surface area contributed by atoms with Crippen LogP contribution in [0.5, 0.6) is 0 Å². The Morgan fingerprint density at radius 3 is 2.50 bits per heavy atom. The van der Waals surface area contributed by atoms with Crippen LogP contribution < -0.4 is 5.32 Å². The minimum Gasteiger partial charge on any atom is -0.452 e. The van der Waals surface area contributed by atoms with Crippen LogP contribution in [-0.2, 0) is 25.7 Å². The molecule has 2 amide bonds. The number of nitrogens with one attached hydrogen (secondary N) is 1. The number of likely N-dealkylation sites (N-methyl/N-ethyl adjacent to an activating group) is 1. The number of nitrogens with zero attached hydrogens (tertiary/aromatic N) is 1. The van der Waals surface area contributed by atoms with Crippen molar-refractivity contribution in [2.45, 2.75) is 6.61 Å². The highest BCUT2D eigenvalue weighted by Gasteiger charge is 2.16. The molecule has 0 aliphatic heterocycles. The molecule has 2 rings (SSSR count). The summed E-state index contributed by atoms with van der Waals surface area (Å²) in [6.45, 7) is -0.378. The second kappa shape index (κ2) is 10.2. The summed E-state index contributed by atoms with van der Waals surface area (Å²) >= 11 is 0. The van der Waals surface area contributed by atoms with E-state index in [4.69, 9.17) is 9.47 Å². The summed E-state index contributed by atoms with van der Waals surface area (Å²) in [6.07, 6.45) is 0. The van der Waals surface area contributed by atoms with Crippen LogP contribution in [0, 0.1) is 5.82 Å². The van der Waals surface area contributed by atoms with Crippen molar-refractivity contribution in [2.24, 2.45) is 0 Å². The van der Waals surface area contributed by atoms with Gasteiger partial charge in [-0.1, -0.05) is 12.1 Å². The Hall–Kier alpha value is -3.26. The molecule has 0 aromatic heterocycles. The molecular formula is C20H21FN2O5. The highest BCUT2D eigenvalue weighted by molar-refractivity contribution is 5.95. The highest BCUT2D eigenvalue weighted by atomic mass is 19.1. The predicted molar refractivity (Wildman–Crippen MR) is 100 cm³/mol. The number of carbonyl (C=O) groups excluding carboxylic acids is 3. The Morgan fingerprint density at radius 2 is 1.82 bits per heavy atom. The van der Waals surface area contributed by atoms with Crippen LogP contribution in [-0.4, -0.2) is 50.0 Å². The van der Waals surface area contributed by atoms with Crippen molar-refractivity contribution in [2.75, 3.05) is 32.6 Å². The van der Waals surface area contributed by atoms with Gasteiger partial charge < -0.3 is 19.7 Å². The molecule has 0 spiro atoms. The molecule has 0 bridgehead atoms. The van der Waals surface area contributed by atoms with E-state index in [9.17, 15) is 18.8 Å². The van der Waals surface area contributed by atoms with Crippen molar-refractivity contribution >= 4 is 23.5 Å². The quantitative estimate of drug-likeness (QED) is 0.701. The average Bonchev–Trinajstić information content (AvgIpc) is 2.68. The lowest BCUT2D eigenvalue weighted by molar-refractivity contribution is -0.136. The zero-order valence-electron chi connectivity index (χ0n) is 15.6. The van der Waals surface area contributed by atoms with Crippen LogP contribution >= 0.6 is 0 Å². The topological polar surface area (TPSA) is 84.9 Å². The van der Waals surface area contributed by atoms with Crippen molar-refractivity contribution < 1.29 is 28.2 Å². The first kappa shape index (κ1) is 21.0.